The van der Waals surface area contributed by atoms with E-state index in [9.17, 15) is 14.4 Å². The average molecular weight is 434 g/mol. The number of imide groups is 1. The normalized spacial score (nSPS) is 18.2. The summed E-state index contributed by atoms with van der Waals surface area (Å²) < 4.78 is 10.9. The summed E-state index contributed by atoms with van der Waals surface area (Å²) in [5.74, 6) is 0.359. The van der Waals surface area contributed by atoms with Crippen LogP contribution in [0.2, 0.25) is 0 Å². The Hall–Kier alpha value is -3.35. The van der Waals surface area contributed by atoms with Gasteiger partial charge in [-0.3, -0.25) is 19.3 Å². The van der Waals surface area contributed by atoms with Gasteiger partial charge in [-0.05, 0) is 56.5 Å². The largest absolute Gasteiger partial charge is 0.454 e. The van der Waals surface area contributed by atoms with Crippen molar-refractivity contribution in [3.8, 4) is 11.5 Å². The van der Waals surface area contributed by atoms with Gasteiger partial charge in [0.2, 0.25) is 12.7 Å². The Morgan fingerprint density at radius 3 is 2.53 bits per heavy atom. The molecule has 7 heteroatoms. The Morgan fingerprint density at radius 2 is 1.75 bits per heavy atom. The molecule has 2 aliphatic heterocycles. The number of ether oxygens (including phenoxy) is 2. The first-order valence-corrected chi connectivity index (χ1v) is 11.1. The second kappa shape index (κ2) is 7.97. The zero-order chi connectivity index (χ0) is 22.4. The van der Waals surface area contributed by atoms with Crippen molar-refractivity contribution in [2.24, 2.45) is 0 Å². The zero-order valence-corrected chi connectivity index (χ0v) is 18.3. The fourth-order valence-electron chi connectivity index (χ4n) is 4.91. The predicted octanol–water partition coefficient (Wildman–Crippen LogP) is 3.68. The molecule has 1 saturated carbocycles. The third kappa shape index (κ3) is 3.42. The van der Waals surface area contributed by atoms with Crippen LogP contribution in [0.1, 0.15) is 64.4 Å². The number of nitrogens with zero attached hydrogens (tertiary/aromatic N) is 2. The summed E-state index contributed by atoms with van der Waals surface area (Å²) in [5.41, 5.74) is 2.57. The molecular formula is C25H26N2O5. The summed E-state index contributed by atoms with van der Waals surface area (Å²) >= 11 is 0. The van der Waals surface area contributed by atoms with Crippen LogP contribution >= 0.6 is 0 Å². The minimum absolute atomic E-state index is 0.0906. The van der Waals surface area contributed by atoms with Crippen molar-refractivity contribution in [3.05, 3.63) is 58.7 Å². The van der Waals surface area contributed by atoms with Crippen molar-refractivity contribution < 1.29 is 23.9 Å². The Morgan fingerprint density at radius 1 is 1.03 bits per heavy atom. The van der Waals surface area contributed by atoms with E-state index in [2.05, 4.69) is 0 Å². The number of rotatable bonds is 5. The van der Waals surface area contributed by atoms with Crippen LogP contribution in [0.5, 0.6) is 11.5 Å². The van der Waals surface area contributed by atoms with E-state index in [1.807, 2.05) is 36.1 Å². The lowest BCUT2D eigenvalue weighted by Crippen LogP contribution is -2.51. The van der Waals surface area contributed by atoms with Crippen molar-refractivity contribution in [3.63, 3.8) is 0 Å². The number of hydrogen-bond acceptors (Lipinski definition) is 5. The van der Waals surface area contributed by atoms with Gasteiger partial charge >= 0.3 is 0 Å². The Balaban J connectivity index is 1.41. The number of amides is 3. The molecule has 0 saturated heterocycles. The van der Waals surface area contributed by atoms with Gasteiger partial charge < -0.3 is 14.4 Å². The summed E-state index contributed by atoms with van der Waals surface area (Å²) in [4.78, 5) is 42.7. The number of carbonyl (C=O) groups excluding carboxylic acids is 3. The van der Waals surface area contributed by atoms with Crippen molar-refractivity contribution in [2.45, 2.75) is 58.2 Å². The molecule has 3 amide bonds. The second-order valence-electron chi connectivity index (χ2n) is 8.80. The molecule has 0 radical (unpaired) electrons. The standard InChI is InChI=1S/C25H26N2O5/c1-15-7-9-19-20(11-15)25(30)27(24(19)29)16(2)23(28)26(18-5-3-4-6-18)13-17-8-10-21-22(12-17)32-14-31-21/h7-12,16,18H,3-6,13-14H2,1-2H3. The molecule has 0 spiro atoms. The maximum absolute atomic E-state index is 13.7. The molecule has 7 nitrogen and oxygen atoms in total. The topological polar surface area (TPSA) is 76.2 Å². The molecule has 0 aromatic heterocycles. The van der Waals surface area contributed by atoms with Gasteiger partial charge in [0.15, 0.2) is 11.5 Å². The molecular weight excluding hydrogens is 408 g/mol. The first-order valence-electron chi connectivity index (χ1n) is 11.1. The summed E-state index contributed by atoms with van der Waals surface area (Å²) in [5, 5.41) is 0. The van der Waals surface area contributed by atoms with Crippen LogP contribution in [0.4, 0.5) is 0 Å². The Bertz CT molecular complexity index is 1110. The Kier molecular flexibility index (Phi) is 5.12. The fourth-order valence-corrected chi connectivity index (χ4v) is 4.91. The highest BCUT2D eigenvalue weighted by Gasteiger charge is 2.43. The minimum Gasteiger partial charge on any atom is -0.454 e. The van der Waals surface area contributed by atoms with Crippen LogP contribution in [-0.2, 0) is 11.3 Å². The molecule has 2 aromatic rings. The molecule has 1 aliphatic carbocycles. The highest BCUT2D eigenvalue weighted by atomic mass is 16.7. The highest BCUT2D eigenvalue weighted by Crippen LogP contribution is 2.34. The van der Waals surface area contributed by atoms with Crippen LogP contribution in [0, 0.1) is 6.92 Å². The van der Waals surface area contributed by atoms with Gasteiger partial charge in [0, 0.05) is 12.6 Å². The van der Waals surface area contributed by atoms with Gasteiger partial charge in [-0.2, -0.15) is 0 Å². The number of benzene rings is 2. The minimum atomic E-state index is -0.877. The first-order chi connectivity index (χ1) is 15.4. The van der Waals surface area contributed by atoms with Gasteiger partial charge in [0.1, 0.15) is 6.04 Å². The van der Waals surface area contributed by atoms with Crippen LogP contribution in [0.25, 0.3) is 0 Å². The number of hydrogen-bond donors (Lipinski definition) is 0. The smallest absolute Gasteiger partial charge is 0.262 e. The van der Waals surface area contributed by atoms with Crippen molar-refractivity contribution in [1.29, 1.82) is 0 Å². The third-order valence-electron chi connectivity index (χ3n) is 6.66. The number of fused-ring (bicyclic) bond motifs is 2. The first kappa shape index (κ1) is 20.5. The van der Waals surface area contributed by atoms with Crippen LogP contribution < -0.4 is 9.47 Å². The summed E-state index contributed by atoms with van der Waals surface area (Å²) in [6.45, 7) is 4.12. The second-order valence-corrected chi connectivity index (χ2v) is 8.80. The lowest BCUT2D eigenvalue weighted by atomic mass is 10.1. The van der Waals surface area contributed by atoms with Gasteiger partial charge in [-0.25, -0.2) is 0 Å². The lowest BCUT2D eigenvalue weighted by Gasteiger charge is -2.34. The molecule has 5 rings (SSSR count). The average Bonchev–Trinajstić information content (AvgIpc) is 3.52. The van der Waals surface area contributed by atoms with E-state index in [0.29, 0.717) is 29.2 Å². The summed E-state index contributed by atoms with van der Waals surface area (Å²) in [7, 11) is 0. The van der Waals surface area contributed by atoms with E-state index in [-0.39, 0.29) is 18.7 Å². The Labute approximate surface area is 186 Å². The van der Waals surface area contributed by atoms with E-state index in [0.717, 1.165) is 41.7 Å². The molecule has 166 valence electrons. The SMILES string of the molecule is Cc1ccc2c(c1)C(=O)N(C(C)C(=O)N(Cc1ccc3c(c1)OCO3)C1CCCC1)C2=O. The van der Waals surface area contributed by atoms with E-state index in [1.54, 1.807) is 19.1 Å². The van der Waals surface area contributed by atoms with Crippen LogP contribution in [0.15, 0.2) is 36.4 Å². The molecule has 0 bridgehead atoms. The summed E-state index contributed by atoms with van der Waals surface area (Å²) in [6, 6.07) is 10.1. The van der Waals surface area contributed by atoms with Crippen molar-refractivity contribution >= 4 is 17.7 Å². The van der Waals surface area contributed by atoms with E-state index >= 15 is 0 Å². The van der Waals surface area contributed by atoms with Gasteiger partial charge in [-0.15, -0.1) is 0 Å². The molecule has 1 fully saturated rings. The lowest BCUT2D eigenvalue weighted by molar-refractivity contribution is -0.138. The fraction of sp³-hybridized carbons (Fsp3) is 0.400. The summed E-state index contributed by atoms with van der Waals surface area (Å²) in [6.07, 6.45) is 3.97. The van der Waals surface area contributed by atoms with Gasteiger partial charge in [0.05, 0.1) is 11.1 Å². The highest BCUT2D eigenvalue weighted by molar-refractivity contribution is 6.22. The molecule has 2 heterocycles. The third-order valence-corrected chi connectivity index (χ3v) is 6.66. The van der Waals surface area contributed by atoms with Crippen molar-refractivity contribution in [1.82, 2.24) is 9.80 Å². The quantitative estimate of drug-likeness (QED) is 0.671. The maximum atomic E-state index is 13.7. The number of aryl methyl sites for hydroxylation is 1. The molecule has 0 N–H and O–H groups in total. The predicted molar refractivity (Wildman–Crippen MR) is 117 cm³/mol. The zero-order valence-electron chi connectivity index (χ0n) is 18.3. The van der Waals surface area contributed by atoms with E-state index in [1.165, 1.54) is 0 Å². The number of carbonyl (C=O) groups is 3. The van der Waals surface area contributed by atoms with Crippen molar-refractivity contribution in [2.75, 3.05) is 6.79 Å². The maximum Gasteiger partial charge on any atom is 0.262 e. The molecule has 2 aromatic carbocycles. The van der Waals surface area contributed by atoms with Crippen LogP contribution in [-0.4, -0.2) is 46.4 Å². The monoisotopic (exact) mass is 434 g/mol. The van der Waals surface area contributed by atoms with E-state index in [4.69, 9.17) is 9.47 Å². The van der Waals surface area contributed by atoms with E-state index < -0.39 is 17.9 Å². The van der Waals surface area contributed by atoms with Gasteiger partial charge in [-0.1, -0.05) is 30.5 Å². The van der Waals surface area contributed by atoms with Gasteiger partial charge in [0.25, 0.3) is 11.8 Å². The molecule has 32 heavy (non-hydrogen) atoms. The van der Waals surface area contributed by atoms with Crippen LogP contribution in [0.3, 0.4) is 0 Å². The molecule has 1 unspecified atom stereocenters. The molecule has 1 atom stereocenters. The molecule has 3 aliphatic rings.